The molecular weight excluding hydrogens is 424 g/mol. The van der Waals surface area contributed by atoms with Gasteiger partial charge in [-0.05, 0) is 62.0 Å². The van der Waals surface area contributed by atoms with Crippen molar-refractivity contribution in [2.45, 2.75) is 94.6 Å². The maximum absolute atomic E-state index is 11.2. The number of benzene rings is 1. The van der Waals surface area contributed by atoms with Gasteiger partial charge in [-0.2, -0.15) is 0 Å². The van der Waals surface area contributed by atoms with E-state index in [9.17, 15) is 15.0 Å². The highest BCUT2D eigenvalue weighted by Crippen LogP contribution is 2.54. The molecule has 2 aliphatic carbocycles. The molecule has 178 valence electrons. The van der Waals surface area contributed by atoms with Gasteiger partial charge in [0.1, 0.15) is 0 Å². The van der Waals surface area contributed by atoms with Crippen LogP contribution in [0.4, 0.5) is 0 Å². The summed E-state index contributed by atoms with van der Waals surface area (Å²) in [4.78, 5) is 11.2. The Kier molecular flexibility index (Phi) is 9.22. The molecular formula is C27H39ClO4. The lowest BCUT2D eigenvalue weighted by molar-refractivity contribution is -0.140. The molecule has 2 fully saturated rings. The minimum atomic E-state index is -0.476. The van der Waals surface area contributed by atoms with Gasteiger partial charge in [-0.3, -0.25) is 4.79 Å². The number of methoxy groups -OCH3 is 1. The van der Waals surface area contributed by atoms with Gasteiger partial charge in [0.15, 0.2) is 0 Å². The molecule has 2 saturated carbocycles. The maximum atomic E-state index is 11.2. The van der Waals surface area contributed by atoms with E-state index in [2.05, 4.69) is 35.9 Å². The highest BCUT2D eigenvalue weighted by molar-refractivity contribution is 6.21. The van der Waals surface area contributed by atoms with Crippen molar-refractivity contribution in [3.8, 4) is 0 Å². The van der Waals surface area contributed by atoms with Crippen LogP contribution < -0.4 is 0 Å². The van der Waals surface area contributed by atoms with Gasteiger partial charge >= 0.3 is 5.97 Å². The van der Waals surface area contributed by atoms with Crippen LogP contribution in [0.3, 0.4) is 0 Å². The molecule has 2 aliphatic rings. The van der Waals surface area contributed by atoms with Crippen LogP contribution in [-0.4, -0.2) is 34.8 Å². The Labute approximate surface area is 198 Å². The molecule has 0 saturated heterocycles. The molecule has 0 aromatic heterocycles. The average molecular weight is 463 g/mol. The summed E-state index contributed by atoms with van der Waals surface area (Å²) in [7, 11) is 1.41. The van der Waals surface area contributed by atoms with Crippen molar-refractivity contribution in [3.05, 3.63) is 47.5 Å². The number of rotatable bonds is 11. The summed E-state index contributed by atoms with van der Waals surface area (Å²) >= 11 is 6.66. The number of allylic oxidation sites excluding steroid dienone is 2. The van der Waals surface area contributed by atoms with E-state index in [0.29, 0.717) is 12.8 Å². The van der Waals surface area contributed by atoms with Crippen molar-refractivity contribution < 1.29 is 19.7 Å². The largest absolute Gasteiger partial charge is 0.469 e. The highest BCUT2D eigenvalue weighted by Gasteiger charge is 2.44. The van der Waals surface area contributed by atoms with Crippen molar-refractivity contribution in [2.75, 3.05) is 7.11 Å². The fourth-order valence-electron chi connectivity index (χ4n) is 5.74. The number of carbonyl (C=O) groups excluding carboxylic acids is 1. The van der Waals surface area contributed by atoms with Crippen LogP contribution in [0, 0.1) is 11.3 Å². The molecule has 2 N–H and O–H groups in total. The SMILES string of the molecule is CCCC1(C(O)c2cccc(C3C(O)CC(Cl)C3C/C=C/CCCC(=O)OC)c2)CCC1. The van der Waals surface area contributed by atoms with Gasteiger partial charge in [0.2, 0.25) is 0 Å². The summed E-state index contributed by atoms with van der Waals surface area (Å²) in [6, 6.07) is 8.22. The van der Waals surface area contributed by atoms with Crippen LogP contribution in [0.2, 0.25) is 0 Å². The standard InChI is InChI=1S/C27H39ClO4/c1-3-14-27(15-9-16-27)26(31)20-11-8-10-19(17-20)25-21(22(28)18-23(25)29)12-6-4-5-7-13-24(30)32-2/h4,6,8,10-11,17,21-23,25-26,29,31H,3,5,7,9,12-16,18H2,1-2H3/b6-4+. The number of hydrogen-bond donors (Lipinski definition) is 2. The highest BCUT2D eigenvalue weighted by atomic mass is 35.5. The molecule has 0 heterocycles. The Morgan fingerprint density at radius 2 is 2.12 bits per heavy atom. The van der Waals surface area contributed by atoms with E-state index in [1.807, 2.05) is 12.1 Å². The first-order valence-electron chi connectivity index (χ1n) is 12.2. The first kappa shape index (κ1) is 25.3. The van der Waals surface area contributed by atoms with E-state index in [4.69, 9.17) is 11.6 Å². The number of halogens is 1. The van der Waals surface area contributed by atoms with E-state index in [1.54, 1.807) is 0 Å². The van der Waals surface area contributed by atoms with Crippen LogP contribution in [0.5, 0.6) is 0 Å². The number of alkyl halides is 1. The molecule has 0 radical (unpaired) electrons. The predicted octanol–water partition coefficient (Wildman–Crippen LogP) is 6.05. The number of carbonyl (C=O) groups is 1. The van der Waals surface area contributed by atoms with E-state index >= 15 is 0 Å². The topological polar surface area (TPSA) is 66.8 Å². The van der Waals surface area contributed by atoms with Gasteiger partial charge in [0.25, 0.3) is 0 Å². The molecule has 1 aromatic carbocycles. The van der Waals surface area contributed by atoms with Crippen molar-refractivity contribution in [1.82, 2.24) is 0 Å². The molecule has 0 bridgehead atoms. The third-order valence-electron chi connectivity index (χ3n) is 7.65. The lowest BCUT2D eigenvalue weighted by Crippen LogP contribution is -2.36. The molecule has 5 atom stereocenters. The fourth-order valence-corrected chi connectivity index (χ4v) is 6.18. The van der Waals surface area contributed by atoms with E-state index in [0.717, 1.165) is 56.1 Å². The Morgan fingerprint density at radius 1 is 1.34 bits per heavy atom. The number of ether oxygens (including phenoxy) is 1. The summed E-state index contributed by atoms with van der Waals surface area (Å²) in [5.41, 5.74) is 2.06. The molecule has 0 amide bonds. The Balaban J connectivity index is 1.68. The molecule has 32 heavy (non-hydrogen) atoms. The number of aliphatic hydroxyl groups is 2. The number of esters is 1. The monoisotopic (exact) mass is 462 g/mol. The van der Waals surface area contributed by atoms with E-state index in [-0.39, 0.29) is 28.6 Å². The molecule has 0 spiro atoms. The summed E-state index contributed by atoms with van der Waals surface area (Å²) < 4.78 is 4.67. The van der Waals surface area contributed by atoms with Gasteiger partial charge in [-0.25, -0.2) is 0 Å². The summed E-state index contributed by atoms with van der Waals surface area (Å²) in [6.45, 7) is 2.19. The van der Waals surface area contributed by atoms with Crippen LogP contribution in [0.15, 0.2) is 36.4 Å². The Bertz CT molecular complexity index is 773. The Morgan fingerprint density at radius 3 is 2.78 bits per heavy atom. The maximum Gasteiger partial charge on any atom is 0.305 e. The fraction of sp³-hybridized carbons (Fsp3) is 0.667. The van der Waals surface area contributed by atoms with Crippen molar-refractivity contribution in [1.29, 1.82) is 0 Å². The van der Waals surface area contributed by atoms with Gasteiger partial charge in [0.05, 0.1) is 19.3 Å². The molecule has 4 nitrogen and oxygen atoms in total. The van der Waals surface area contributed by atoms with Crippen LogP contribution >= 0.6 is 11.6 Å². The number of unbranched alkanes of at least 4 members (excludes halogenated alkanes) is 1. The zero-order chi connectivity index (χ0) is 23.1. The van der Waals surface area contributed by atoms with Gasteiger partial charge in [-0.1, -0.05) is 56.2 Å². The second kappa shape index (κ2) is 11.7. The molecule has 5 unspecified atom stereocenters. The quantitative estimate of drug-likeness (QED) is 0.182. The minimum Gasteiger partial charge on any atom is -0.469 e. The third-order valence-corrected chi connectivity index (χ3v) is 8.15. The number of aliphatic hydroxyl groups excluding tert-OH is 2. The third kappa shape index (κ3) is 5.76. The van der Waals surface area contributed by atoms with Gasteiger partial charge in [0, 0.05) is 23.1 Å². The first-order valence-corrected chi connectivity index (χ1v) is 12.7. The lowest BCUT2D eigenvalue weighted by atomic mass is 9.61. The smallest absolute Gasteiger partial charge is 0.305 e. The van der Waals surface area contributed by atoms with Gasteiger partial charge in [-0.15, -0.1) is 11.6 Å². The molecule has 0 aliphatic heterocycles. The predicted molar refractivity (Wildman–Crippen MR) is 129 cm³/mol. The van der Waals surface area contributed by atoms with Crippen molar-refractivity contribution in [3.63, 3.8) is 0 Å². The molecule has 1 aromatic rings. The number of hydrogen-bond acceptors (Lipinski definition) is 4. The van der Waals surface area contributed by atoms with E-state index in [1.165, 1.54) is 13.5 Å². The normalized spacial score (nSPS) is 27.9. The molecule has 5 heteroatoms. The summed E-state index contributed by atoms with van der Waals surface area (Å²) in [5, 5.41) is 22.0. The summed E-state index contributed by atoms with van der Waals surface area (Å²) in [6.07, 6.45) is 12.2. The van der Waals surface area contributed by atoms with Crippen LogP contribution in [0.1, 0.15) is 94.3 Å². The summed E-state index contributed by atoms with van der Waals surface area (Å²) in [5.74, 6) is -0.0694. The first-order chi connectivity index (χ1) is 15.4. The zero-order valence-corrected chi connectivity index (χ0v) is 20.3. The van der Waals surface area contributed by atoms with Gasteiger partial charge < -0.3 is 14.9 Å². The minimum absolute atomic E-state index is 0.0169. The van der Waals surface area contributed by atoms with Crippen molar-refractivity contribution in [2.24, 2.45) is 11.3 Å². The lowest BCUT2D eigenvalue weighted by Gasteiger charge is -2.46. The second-order valence-corrected chi connectivity index (χ2v) is 10.3. The Hall–Kier alpha value is -1.36. The van der Waals surface area contributed by atoms with Crippen LogP contribution in [-0.2, 0) is 9.53 Å². The zero-order valence-electron chi connectivity index (χ0n) is 19.5. The average Bonchev–Trinajstić information content (AvgIpc) is 3.05. The second-order valence-electron chi connectivity index (χ2n) is 9.72. The van der Waals surface area contributed by atoms with E-state index < -0.39 is 12.2 Å². The molecule has 3 rings (SSSR count). The van der Waals surface area contributed by atoms with Crippen molar-refractivity contribution >= 4 is 17.6 Å². The van der Waals surface area contributed by atoms with Crippen LogP contribution in [0.25, 0.3) is 0 Å².